The summed E-state index contributed by atoms with van der Waals surface area (Å²) in [6.45, 7) is 10.2. The second kappa shape index (κ2) is 10.8. The molecule has 3 heteroatoms. The number of rotatable bonds is 11. The van der Waals surface area contributed by atoms with Crippen molar-refractivity contribution in [2.75, 3.05) is 6.61 Å². The van der Waals surface area contributed by atoms with Gasteiger partial charge in [-0.25, -0.2) is 0 Å². The highest BCUT2D eigenvalue weighted by Crippen LogP contribution is 2.13. The van der Waals surface area contributed by atoms with Crippen molar-refractivity contribution in [1.82, 2.24) is 0 Å². The average Bonchev–Trinajstić information content (AvgIpc) is 2.55. The number of allylic oxidation sites excluding steroid dienone is 2. The Kier molecular flexibility index (Phi) is 8.92. The lowest BCUT2D eigenvalue weighted by Gasteiger charge is -2.18. The number of benzene rings is 1. The minimum Gasteiger partial charge on any atom is -0.463 e. The van der Waals surface area contributed by atoms with E-state index in [1.165, 1.54) is 0 Å². The zero-order valence-corrected chi connectivity index (χ0v) is 13.4. The summed E-state index contributed by atoms with van der Waals surface area (Å²) in [6.07, 6.45) is 5.39. The molecule has 0 N–H and O–H groups in total. The molecule has 0 spiro atoms. The van der Waals surface area contributed by atoms with E-state index in [2.05, 4.69) is 13.2 Å². The van der Waals surface area contributed by atoms with Crippen molar-refractivity contribution in [2.45, 2.75) is 38.9 Å². The van der Waals surface area contributed by atoms with Crippen LogP contribution in [0.1, 0.15) is 31.7 Å². The second-order valence-electron chi connectivity index (χ2n) is 5.20. The molecule has 0 saturated heterocycles. The maximum atomic E-state index is 12.0. The first-order valence-electron chi connectivity index (χ1n) is 7.75. The van der Waals surface area contributed by atoms with Gasteiger partial charge in [0.1, 0.15) is 6.61 Å². The van der Waals surface area contributed by atoms with Gasteiger partial charge in [-0.1, -0.05) is 49.4 Å². The molecule has 1 rings (SSSR count). The maximum Gasteiger partial charge on any atom is 0.309 e. The Bertz CT molecular complexity index is 443. The smallest absolute Gasteiger partial charge is 0.309 e. The monoisotopic (exact) mass is 302 g/mol. The highest BCUT2D eigenvalue weighted by atomic mass is 16.6. The lowest BCUT2D eigenvalue weighted by Crippen LogP contribution is -2.25. The van der Waals surface area contributed by atoms with Gasteiger partial charge in [-0.15, -0.1) is 13.2 Å². The standard InChI is InChI=1S/C19H26O3/c1-4-10-17(11-5-2)19(20)22-15-18(6-3)21-14-16-12-8-7-9-13-16/h4-5,7-9,12-13,17-18H,1-2,6,10-11,14-15H2,3H3. The maximum absolute atomic E-state index is 12.0. The lowest BCUT2D eigenvalue weighted by molar-refractivity contribution is -0.153. The Labute approximate surface area is 133 Å². The molecule has 0 aliphatic rings. The van der Waals surface area contributed by atoms with E-state index in [1.807, 2.05) is 37.3 Å². The van der Waals surface area contributed by atoms with Crippen LogP contribution in [0.5, 0.6) is 0 Å². The molecule has 0 aliphatic carbocycles. The van der Waals surface area contributed by atoms with E-state index in [0.29, 0.717) is 19.4 Å². The van der Waals surface area contributed by atoms with E-state index >= 15 is 0 Å². The molecule has 3 nitrogen and oxygen atoms in total. The first-order chi connectivity index (χ1) is 10.7. The Morgan fingerprint density at radius 2 is 1.82 bits per heavy atom. The quantitative estimate of drug-likeness (QED) is 0.452. The number of ether oxygens (including phenoxy) is 2. The number of hydrogen-bond donors (Lipinski definition) is 0. The summed E-state index contributed by atoms with van der Waals surface area (Å²) in [4.78, 5) is 12.0. The van der Waals surface area contributed by atoms with Crippen molar-refractivity contribution in [3.63, 3.8) is 0 Å². The average molecular weight is 302 g/mol. The van der Waals surface area contributed by atoms with Gasteiger partial charge in [0.05, 0.1) is 18.6 Å². The van der Waals surface area contributed by atoms with Gasteiger partial charge in [-0.2, -0.15) is 0 Å². The van der Waals surface area contributed by atoms with E-state index in [0.717, 1.165) is 12.0 Å². The molecular formula is C19H26O3. The summed E-state index contributed by atoms with van der Waals surface area (Å²) >= 11 is 0. The van der Waals surface area contributed by atoms with Crippen molar-refractivity contribution in [1.29, 1.82) is 0 Å². The van der Waals surface area contributed by atoms with Crippen LogP contribution in [0.4, 0.5) is 0 Å². The SMILES string of the molecule is C=CCC(CC=C)C(=O)OCC(CC)OCc1ccccc1. The predicted molar refractivity (Wildman–Crippen MR) is 89.4 cm³/mol. The minimum atomic E-state index is -0.207. The van der Waals surface area contributed by atoms with Crippen molar-refractivity contribution < 1.29 is 14.3 Å². The topological polar surface area (TPSA) is 35.5 Å². The summed E-state index contributed by atoms with van der Waals surface area (Å²) in [5.41, 5.74) is 1.11. The van der Waals surface area contributed by atoms with Gasteiger partial charge in [0.25, 0.3) is 0 Å². The molecule has 0 bridgehead atoms. The molecule has 0 fully saturated rings. The Morgan fingerprint density at radius 3 is 2.36 bits per heavy atom. The third-order valence-electron chi connectivity index (χ3n) is 3.43. The zero-order valence-electron chi connectivity index (χ0n) is 13.4. The zero-order chi connectivity index (χ0) is 16.2. The van der Waals surface area contributed by atoms with Crippen LogP contribution in [0.3, 0.4) is 0 Å². The third-order valence-corrected chi connectivity index (χ3v) is 3.43. The molecule has 0 aliphatic heterocycles. The summed E-state index contributed by atoms with van der Waals surface area (Å²) in [5.74, 6) is -0.400. The summed E-state index contributed by atoms with van der Waals surface area (Å²) < 4.78 is 11.2. The van der Waals surface area contributed by atoms with Crippen LogP contribution in [0.25, 0.3) is 0 Å². The summed E-state index contributed by atoms with van der Waals surface area (Å²) in [7, 11) is 0. The molecular weight excluding hydrogens is 276 g/mol. The Hall–Kier alpha value is -1.87. The van der Waals surface area contributed by atoms with Crippen LogP contribution in [-0.4, -0.2) is 18.7 Å². The molecule has 120 valence electrons. The van der Waals surface area contributed by atoms with Crippen LogP contribution in [0, 0.1) is 5.92 Å². The lowest BCUT2D eigenvalue weighted by atomic mass is 10.0. The number of carbonyl (C=O) groups is 1. The highest BCUT2D eigenvalue weighted by molar-refractivity contribution is 5.72. The fourth-order valence-electron chi connectivity index (χ4n) is 2.06. The van der Waals surface area contributed by atoms with E-state index < -0.39 is 0 Å². The van der Waals surface area contributed by atoms with Crippen LogP contribution in [-0.2, 0) is 20.9 Å². The van der Waals surface area contributed by atoms with E-state index in [4.69, 9.17) is 9.47 Å². The third kappa shape index (κ3) is 6.72. The largest absolute Gasteiger partial charge is 0.463 e. The van der Waals surface area contributed by atoms with Gasteiger partial charge in [0.15, 0.2) is 0 Å². The number of carbonyl (C=O) groups excluding carboxylic acids is 1. The molecule has 1 unspecified atom stereocenters. The summed E-state index contributed by atoms with van der Waals surface area (Å²) in [5, 5.41) is 0. The molecule has 0 amide bonds. The fourth-order valence-corrected chi connectivity index (χ4v) is 2.06. The van der Waals surface area contributed by atoms with Crippen LogP contribution in [0.2, 0.25) is 0 Å². The van der Waals surface area contributed by atoms with Crippen LogP contribution < -0.4 is 0 Å². The normalized spacial score (nSPS) is 11.9. The minimum absolute atomic E-state index is 0.0859. The van der Waals surface area contributed by atoms with Gasteiger partial charge >= 0.3 is 5.97 Å². The number of hydrogen-bond acceptors (Lipinski definition) is 3. The van der Waals surface area contributed by atoms with Crippen molar-refractivity contribution in [3.8, 4) is 0 Å². The van der Waals surface area contributed by atoms with Gasteiger partial charge in [-0.3, -0.25) is 4.79 Å². The van der Waals surface area contributed by atoms with Crippen molar-refractivity contribution in [2.24, 2.45) is 5.92 Å². The molecule has 1 aromatic carbocycles. The van der Waals surface area contributed by atoms with Crippen LogP contribution in [0.15, 0.2) is 55.6 Å². The summed E-state index contributed by atoms with van der Waals surface area (Å²) in [6, 6.07) is 9.97. The molecule has 0 aromatic heterocycles. The first kappa shape index (κ1) is 18.2. The molecule has 0 radical (unpaired) electrons. The molecule has 1 atom stereocenters. The predicted octanol–water partition coefficient (Wildman–Crippen LogP) is 4.29. The Morgan fingerprint density at radius 1 is 1.18 bits per heavy atom. The molecule has 0 saturated carbocycles. The molecule has 1 aromatic rings. The fraction of sp³-hybridized carbons (Fsp3) is 0.421. The Balaban J connectivity index is 2.40. The van der Waals surface area contributed by atoms with Gasteiger partial charge in [0, 0.05) is 0 Å². The van der Waals surface area contributed by atoms with Crippen LogP contribution >= 0.6 is 0 Å². The van der Waals surface area contributed by atoms with E-state index in [1.54, 1.807) is 12.2 Å². The number of esters is 1. The van der Waals surface area contributed by atoms with Gasteiger partial charge in [-0.05, 0) is 24.8 Å². The molecule has 22 heavy (non-hydrogen) atoms. The highest BCUT2D eigenvalue weighted by Gasteiger charge is 2.19. The first-order valence-corrected chi connectivity index (χ1v) is 7.75. The van der Waals surface area contributed by atoms with Gasteiger partial charge < -0.3 is 9.47 Å². The van der Waals surface area contributed by atoms with E-state index in [9.17, 15) is 4.79 Å². The molecule has 0 heterocycles. The van der Waals surface area contributed by atoms with E-state index in [-0.39, 0.29) is 24.6 Å². The van der Waals surface area contributed by atoms with Crippen molar-refractivity contribution in [3.05, 3.63) is 61.2 Å². The van der Waals surface area contributed by atoms with Gasteiger partial charge in [0.2, 0.25) is 0 Å². The van der Waals surface area contributed by atoms with Crippen molar-refractivity contribution >= 4 is 5.97 Å². The second-order valence-corrected chi connectivity index (χ2v) is 5.20.